The van der Waals surface area contributed by atoms with Crippen LogP contribution in [-0.2, 0) is 0 Å². The molecule has 4 aromatic rings. The van der Waals surface area contributed by atoms with Crippen LogP contribution in [0.5, 0.6) is 17.2 Å². The third-order valence-electron chi connectivity index (χ3n) is 4.60. The zero-order valence-corrected chi connectivity index (χ0v) is 13.9. The first-order valence-corrected chi connectivity index (χ1v) is 8.13. The number of hydrogen-bond acceptors (Lipinski definition) is 5. The lowest BCUT2D eigenvalue weighted by molar-refractivity contribution is 0.0969. The third-order valence-corrected chi connectivity index (χ3v) is 4.60. The highest BCUT2D eigenvalue weighted by molar-refractivity contribution is 6.16. The topological polar surface area (TPSA) is 62.6 Å². The van der Waals surface area contributed by atoms with Gasteiger partial charge in [-0.05, 0) is 42.5 Å². The van der Waals surface area contributed by atoms with Gasteiger partial charge in [-0.2, -0.15) is 0 Å². The number of hydrogen-bond donors (Lipinski definition) is 0. The highest BCUT2D eigenvalue weighted by Gasteiger charge is 2.21. The summed E-state index contributed by atoms with van der Waals surface area (Å²) in [6, 6.07) is 12.8. The number of pyridine rings is 1. The average Bonchev–Trinajstić information content (AvgIpc) is 3.28. The maximum absolute atomic E-state index is 13.3. The van der Waals surface area contributed by atoms with Gasteiger partial charge in [0.15, 0.2) is 11.5 Å². The predicted octanol–water partition coefficient (Wildman–Crippen LogP) is 3.62. The molecule has 5 rings (SSSR count). The van der Waals surface area contributed by atoms with Gasteiger partial charge in [-0.1, -0.05) is 0 Å². The van der Waals surface area contributed by atoms with Crippen LogP contribution in [0.25, 0.3) is 21.8 Å². The summed E-state index contributed by atoms with van der Waals surface area (Å²) in [5.41, 5.74) is 2.07. The SMILES string of the molecule is COc1ccc2c(c1)c1ccncc1n2C(=O)c1ccc2c(c1)OCO2. The minimum atomic E-state index is -0.151. The van der Waals surface area contributed by atoms with Gasteiger partial charge in [0.2, 0.25) is 6.79 Å². The van der Waals surface area contributed by atoms with E-state index in [1.165, 1.54) is 0 Å². The molecule has 0 N–H and O–H groups in total. The Morgan fingerprint density at radius 3 is 2.81 bits per heavy atom. The lowest BCUT2D eigenvalue weighted by Gasteiger charge is -2.07. The summed E-state index contributed by atoms with van der Waals surface area (Å²) in [4.78, 5) is 17.5. The van der Waals surface area contributed by atoms with E-state index < -0.39 is 0 Å². The first-order chi connectivity index (χ1) is 12.8. The van der Waals surface area contributed by atoms with Crippen molar-refractivity contribution < 1.29 is 19.0 Å². The molecule has 0 spiro atoms. The van der Waals surface area contributed by atoms with Gasteiger partial charge in [0.25, 0.3) is 5.91 Å². The van der Waals surface area contributed by atoms with E-state index in [-0.39, 0.29) is 12.7 Å². The summed E-state index contributed by atoms with van der Waals surface area (Å²) in [6.07, 6.45) is 3.42. The van der Waals surface area contributed by atoms with Gasteiger partial charge in [-0.25, -0.2) is 0 Å². The van der Waals surface area contributed by atoms with Crippen LogP contribution in [0.2, 0.25) is 0 Å². The van der Waals surface area contributed by atoms with E-state index in [9.17, 15) is 4.79 Å². The van der Waals surface area contributed by atoms with Crippen LogP contribution in [0, 0.1) is 0 Å². The Bertz CT molecular complexity index is 1180. The van der Waals surface area contributed by atoms with E-state index in [0.29, 0.717) is 17.1 Å². The van der Waals surface area contributed by atoms with Crippen molar-refractivity contribution in [2.45, 2.75) is 0 Å². The Morgan fingerprint density at radius 1 is 1.04 bits per heavy atom. The molecule has 1 aliphatic rings. The molecule has 0 saturated carbocycles. The normalized spacial score (nSPS) is 12.7. The van der Waals surface area contributed by atoms with Gasteiger partial charge in [0, 0.05) is 22.5 Å². The molecule has 2 aromatic carbocycles. The van der Waals surface area contributed by atoms with E-state index in [1.807, 2.05) is 24.3 Å². The molecule has 6 nitrogen and oxygen atoms in total. The predicted molar refractivity (Wildman–Crippen MR) is 96.1 cm³/mol. The molecule has 0 unspecified atom stereocenters. The van der Waals surface area contributed by atoms with Gasteiger partial charge in [0.05, 0.1) is 24.3 Å². The zero-order valence-electron chi connectivity index (χ0n) is 13.9. The number of benzene rings is 2. The fourth-order valence-corrected chi connectivity index (χ4v) is 3.35. The second-order valence-electron chi connectivity index (χ2n) is 5.98. The molecule has 26 heavy (non-hydrogen) atoms. The molecule has 0 radical (unpaired) electrons. The Morgan fingerprint density at radius 2 is 1.92 bits per heavy atom. The molecular formula is C20H14N2O4. The fourth-order valence-electron chi connectivity index (χ4n) is 3.35. The molecule has 0 atom stereocenters. The first-order valence-electron chi connectivity index (χ1n) is 8.13. The Labute approximate surface area is 148 Å². The van der Waals surface area contributed by atoms with Crippen molar-refractivity contribution >= 4 is 27.7 Å². The van der Waals surface area contributed by atoms with Crippen molar-refractivity contribution in [1.29, 1.82) is 0 Å². The second-order valence-corrected chi connectivity index (χ2v) is 5.98. The summed E-state index contributed by atoms with van der Waals surface area (Å²) >= 11 is 0. The monoisotopic (exact) mass is 346 g/mol. The van der Waals surface area contributed by atoms with Crippen LogP contribution >= 0.6 is 0 Å². The Balaban J connectivity index is 1.76. The minimum absolute atomic E-state index is 0.151. The zero-order chi connectivity index (χ0) is 17.7. The molecule has 0 aliphatic carbocycles. The highest BCUT2D eigenvalue weighted by Crippen LogP contribution is 2.35. The maximum Gasteiger partial charge on any atom is 0.263 e. The standard InChI is InChI=1S/C20H14N2O4/c1-24-13-3-4-16-15(9-13)14-6-7-21-10-17(14)22(16)20(23)12-2-5-18-19(8-12)26-11-25-18/h2-10H,11H2,1H3. The number of carbonyl (C=O) groups excluding carboxylic acids is 1. The van der Waals surface area contributed by atoms with Crippen molar-refractivity contribution in [2.75, 3.05) is 13.9 Å². The lowest BCUT2D eigenvalue weighted by atomic mass is 10.2. The molecule has 0 fully saturated rings. The van der Waals surface area contributed by atoms with Crippen LogP contribution in [0.15, 0.2) is 54.9 Å². The smallest absolute Gasteiger partial charge is 0.263 e. The second kappa shape index (κ2) is 5.49. The van der Waals surface area contributed by atoms with E-state index in [0.717, 1.165) is 27.6 Å². The van der Waals surface area contributed by atoms with Crippen molar-refractivity contribution in [1.82, 2.24) is 9.55 Å². The van der Waals surface area contributed by atoms with Crippen LogP contribution in [0.1, 0.15) is 10.4 Å². The van der Waals surface area contributed by atoms with Crippen LogP contribution in [0.3, 0.4) is 0 Å². The number of methoxy groups -OCH3 is 1. The van der Waals surface area contributed by atoms with Crippen LogP contribution < -0.4 is 14.2 Å². The first kappa shape index (κ1) is 14.8. The largest absolute Gasteiger partial charge is 0.497 e. The van der Waals surface area contributed by atoms with Gasteiger partial charge in [-0.3, -0.25) is 14.3 Å². The number of carbonyl (C=O) groups is 1. The van der Waals surface area contributed by atoms with E-state index >= 15 is 0 Å². The van der Waals surface area contributed by atoms with Crippen molar-refractivity contribution in [3.05, 3.63) is 60.4 Å². The minimum Gasteiger partial charge on any atom is -0.497 e. The average molecular weight is 346 g/mol. The van der Waals surface area contributed by atoms with Gasteiger partial charge >= 0.3 is 0 Å². The van der Waals surface area contributed by atoms with E-state index in [1.54, 1.807) is 42.3 Å². The number of ether oxygens (including phenoxy) is 3. The Hall–Kier alpha value is -3.54. The molecule has 0 amide bonds. The summed E-state index contributed by atoms with van der Waals surface area (Å²) in [7, 11) is 1.62. The molecule has 0 saturated heterocycles. The van der Waals surface area contributed by atoms with Crippen LogP contribution in [0.4, 0.5) is 0 Å². The quantitative estimate of drug-likeness (QED) is 0.555. The van der Waals surface area contributed by atoms with Gasteiger partial charge in [0.1, 0.15) is 5.75 Å². The summed E-state index contributed by atoms with van der Waals surface area (Å²) in [5.74, 6) is 1.82. The summed E-state index contributed by atoms with van der Waals surface area (Å²) in [5, 5.41) is 1.89. The highest BCUT2D eigenvalue weighted by atomic mass is 16.7. The van der Waals surface area contributed by atoms with Gasteiger partial charge < -0.3 is 14.2 Å². The third kappa shape index (κ3) is 2.05. The van der Waals surface area contributed by atoms with Gasteiger partial charge in [-0.15, -0.1) is 0 Å². The summed E-state index contributed by atoms with van der Waals surface area (Å²) < 4.78 is 17.7. The molecule has 0 bridgehead atoms. The molecule has 3 heterocycles. The fraction of sp³-hybridized carbons (Fsp3) is 0.100. The van der Waals surface area contributed by atoms with Crippen molar-refractivity contribution in [3.8, 4) is 17.2 Å². The number of nitrogens with zero attached hydrogens (tertiary/aromatic N) is 2. The molecule has 128 valence electrons. The Kier molecular flexibility index (Phi) is 3.12. The maximum atomic E-state index is 13.3. The van der Waals surface area contributed by atoms with Crippen molar-refractivity contribution in [2.24, 2.45) is 0 Å². The number of fused-ring (bicyclic) bond motifs is 4. The van der Waals surface area contributed by atoms with Crippen LogP contribution in [-0.4, -0.2) is 29.4 Å². The number of aromatic nitrogens is 2. The lowest BCUT2D eigenvalue weighted by Crippen LogP contribution is -2.11. The van der Waals surface area contributed by atoms with Crippen molar-refractivity contribution in [3.63, 3.8) is 0 Å². The molecule has 2 aromatic heterocycles. The molecule has 1 aliphatic heterocycles. The number of rotatable bonds is 2. The molecular weight excluding hydrogens is 332 g/mol. The molecule has 6 heteroatoms. The van der Waals surface area contributed by atoms with E-state index in [4.69, 9.17) is 14.2 Å². The summed E-state index contributed by atoms with van der Waals surface area (Å²) in [6.45, 7) is 0.173. The van der Waals surface area contributed by atoms with E-state index in [2.05, 4.69) is 4.98 Å².